The van der Waals surface area contributed by atoms with Crippen molar-refractivity contribution in [1.82, 2.24) is 4.98 Å². The predicted octanol–water partition coefficient (Wildman–Crippen LogP) is 3.27. The molecule has 0 aliphatic heterocycles. The highest BCUT2D eigenvalue weighted by Crippen LogP contribution is 2.19. The van der Waals surface area contributed by atoms with E-state index >= 15 is 0 Å². The van der Waals surface area contributed by atoms with E-state index in [1.807, 2.05) is 12.1 Å². The van der Waals surface area contributed by atoms with Gasteiger partial charge < -0.3 is 10.1 Å². The number of amides is 1. The van der Waals surface area contributed by atoms with Crippen LogP contribution in [0.1, 0.15) is 15.9 Å². The van der Waals surface area contributed by atoms with Crippen LogP contribution in [0.4, 0.5) is 10.1 Å². The number of hydrogen-bond acceptors (Lipinski definition) is 3. The molecule has 0 atom stereocenters. The predicted molar refractivity (Wildman–Crippen MR) is 74.3 cm³/mol. The van der Waals surface area contributed by atoms with Gasteiger partial charge >= 0.3 is 0 Å². The van der Waals surface area contributed by atoms with Gasteiger partial charge in [0.05, 0.1) is 18.4 Å². The number of aromatic nitrogens is 1. The third-order valence-electron chi connectivity index (χ3n) is 2.62. The largest absolute Gasteiger partial charge is 0.380 e. The number of carbonyl (C=O) groups is 1. The van der Waals surface area contributed by atoms with Gasteiger partial charge in [-0.2, -0.15) is 0 Å². The van der Waals surface area contributed by atoms with Crippen LogP contribution in [-0.2, 0) is 11.3 Å². The van der Waals surface area contributed by atoms with E-state index in [0.717, 1.165) is 17.8 Å². The first-order valence-electron chi connectivity index (χ1n) is 5.81. The van der Waals surface area contributed by atoms with Crippen LogP contribution in [0.15, 0.2) is 36.5 Å². The topological polar surface area (TPSA) is 51.2 Å². The van der Waals surface area contributed by atoms with Crippen LogP contribution in [-0.4, -0.2) is 18.0 Å². The van der Waals surface area contributed by atoms with Gasteiger partial charge in [-0.1, -0.05) is 29.8 Å². The molecule has 0 bridgehead atoms. The number of nitrogens with zero attached hydrogens (tertiary/aromatic N) is 1. The van der Waals surface area contributed by atoms with E-state index in [9.17, 15) is 9.18 Å². The first-order chi connectivity index (χ1) is 9.61. The molecule has 2 rings (SSSR count). The smallest absolute Gasteiger partial charge is 0.258 e. The minimum atomic E-state index is -0.621. The highest BCUT2D eigenvalue weighted by atomic mass is 35.5. The summed E-state index contributed by atoms with van der Waals surface area (Å²) in [4.78, 5) is 15.7. The first kappa shape index (κ1) is 14.4. The number of benzene rings is 1. The lowest BCUT2D eigenvalue weighted by molar-refractivity contribution is 0.102. The number of rotatable bonds is 4. The van der Waals surface area contributed by atoms with E-state index in [-0.39, 0.29) is 10.7 Å². The Morgan fingerprint density at radius 2 is 2.20 bits per heavy atom. The Morgan fingerprint density at radius 1 is 1.45 bits per heavy atom. The number of para-hydroxylation sites is 1. The maximum absolute atomic E-state index is 13.1. The number of nitrogens with one attached hydrogen (secondary N) is 1. The maximum Gasteiger partial charge on any atom is 0.258 e. The summed E-state index contributed by atoms with van der Waals surface area (Å²) in [6.45, 7) is 0.353. The number of carbonyl (C=O) groups excluding carboxylic acids is 1. The van der Waals surface area contributed by atoms with Crippen LogP contribution in [0.5, 0.6) is 0 Å². The van der Waals surface area contributed by atoms with Crippen LogP contribution in [0.25, 0.3) is 0 Å². The van der Waals surface area contributed by atoms with Gasteiger partial charge in [0.15, 0.2) is 0 Å². The molecule has 0 radical (unpaired) electrons. The summed E-state index contributed by atoms with van der Waals surface area (Å²) in [7, 11) is 1.56. The molecule has 4 nitrogen and oxygen atoms in total. The molecule has 1 aromatic heterocycles. The number of ether oxygens (including phenoxy) is 1. The zero-order valence-corrected chi connectivity index (χ0v) is 11.4. The van der Waals surface area contributed by atoms with Crippen LogP contribution in [0.2, 0.25) is 5.15 Å². The molecule has 1 N–H and O–H groups in total. The monoisotopic (exact) mass is 294 g/mol. The van der Waals surface area contributed by atoms with Crippen LogP contribution in [0.3, 0.4) is 0 Å². The average molecular weight is 295 g/mol. The van der Waals surface area contributed by atoms with E-state index in [1.54, 1.807) is 19.2 Å². The third kappa shape index (κ3) is 3.31. The highest BCUT2D eigenvalue weighted by molar-refractivity contribution is 6.33. The van der Waals surface area contributed by atoms with Crippen molar-refractivity contribution in [3.05, 3.63) is 58.6 Å². The van der Waals surface area contributed by atoms with Gasteiger partial charge in [0.25, 0.3) is 5.91 Å². The van der Waals surface area contributed by atoms with E-state index in [1.165, 1.54) is 0 Å². The zero-order chi connectivity index (χ0) is 14.5. The van der Waals surface area contributed by atoms with Gasteiger partial charge in [0.1, 0.15) is 11.0 Å². The number of pyridine rings is 1. The zero-order valence-electron chi connectivity index (χ0n) is 10.7. The van der Waals surface area contributed by atoms with Gasteiger partial charge in [-0.25, -0.2) is 9.37 Å². The lowest BCUT2D eigenvalue weighted by Crippen LogP contribution is -2.14. The van der Waals surface area contributed by atoms with Crippen molar-refractivity contribution in [2.45, 2.75) is 6.61 Å². The van der Waals surface area contributed by atoms with Gasteiger partial charge in [0.2, 0.25) is 0 Å². The van der Waals surface area contributed by atoms with E-state index < -0.39 is 11.7 Å². The summed E-state index contributed by atoms with van der Waals surface area (Å²) < 4.78 is 18.2. The fourth-order valence-electron chi connectivity index (χ4n) is 1.70. The Bertz CT molecular complexity index is 634. The molecule has 0 saturated heterocycles. The standard InChI is InChI=1S/C14H12ClFN2O2/c1-20-8-9-4-2-3-5-12(9)18-14(19)11-6-10(16)7-17-13(11)15/h2-7H,8H2,1H3,(H,18,19). The molecule has 0 unspecified atom stereocenters. The Kier molecular flexibility index (Phi) is 4.65. The summed E-state index contributed by atoms with van der Waals surface area (Å²) in [5.74, 6) is -1.14. The minimum absolute atomic E-state index is 0.0149. The molecule has 1 amide bonds. The second-order valence-corrected chi connectivity index (χ2v) is 4.39. The average Bonchev–Trinajstić information content (AvgIpc) is 2.44. The summed E-state index contributed by atoms with van der Waals surface area (Å²) in [5.41, 5.74) is 1.38. The minimum Gasteiger partial charge on any atom is -0.380 e. The number of anilines is 1. The first-order valence-corrected chi connectivity index (χ1v) is 6.19. The maximum atomic E-state index is 13.1. The number of hydrogen-bond donors (Lipinski definition) is 1. The molecule has 0 aliphatic carbocycles. The molecule has 20 heavy (non-hydrogen) atoms. The second-order valence-electron chi connectivity index (χ2n) is 4.04. The van der Waals surface area contributed by atoms with Crippen LogP contribution >= 0.6 is 11.6 Å². The summed E-state index contributed by atoms with van der Waals surface area (Å²) in [6, 6.07) is 8.21. The molecule has 0 saturated carbocycles. The molecule has 104 valence electrons. The Hall–Kier alpha value is -1.98. The molecule has 0 fully saturated rings. The normalized spacial score (nSPS) is 10.3. The number of methoxy groups -OCH3 is 1. The fraction of sp³-hybridized carbons (Fsp3) is 0.143. The van der Waals surface area contributed by atoms with Crippen molar-refractivity contribution < 1.29 is 13.9 Å². The van der Waals surface area contributed by atoms with Crippen LogP contribution in [0, 0.1) is 5.82 Å². The van der Waals surface area contributed by atoms with Crippen molar-refractivity contribution in [3.63, 3.8) is 0 Å². The molecule has 1 heterocycles. The fourth-order valence-corrected chi connectivity index (χ4v) is 1.88. The SMILES string of the molecule is COCc1ccccc1NC(=O)c1cc(F)cnc1Cl. The van der Waals surface area contributed by atoms with E-state index in [4.69, 9.17) is 16.3 Å². The van der Waals surface area contributed by atoms with Crippen LogP contribution < -0.4 is 5.32 Å². The van der Waals surface area contributed by atoms with Gasteiger partial charge in [0, 0.05) is 18.4 Å². The van der Waals surface area contributed by atoms with Gasteiger partial charge in [-0.3, -0.25) is 4.79 Å². The van der Waals surface area contributed by atoms with Gasteiger partial charge in [-0.15, -0.1) is 0 Å². The third-order valence-corrected chi connectivity index (χ3v) is 2.92. The quantitative estimate of drug-likeness (QED) is 0.881. The Labute approximate surface area is 120 Å². The molecule has 6 heteroatoms. The molecule has 2 aromatic rings. The van der Waals surface area contributed by atoms with Crippen molar-refractivity contribution in [2.75, 3.05) is 12.4 Å². The molecular weight excluding hydrogens is 283 g/mol. The lowest BCUT2D eigenvalue weighted by Gasteiger charge is -2.11. The van der Waals surface area contributed by atoms with Crippen molar-refractivity contribution in [3.8, 4) is 0 Å². The van der Waals surface area contributed by atoms with Crippen molar-refractivity contribution in [1.29, 1.82) is 0 Å². The molecule has 0 spiro atoms. The molecular formula is C14H12ClFN2O2. The van der Waals surface area contributed by atoms with E-state index in [0.29, 0.717) is 12.3 Å². The summed E-state index contributed by atoms with van der Waals surface area (Å²) >= 11 is 5.79. The Balaban J connectivity index is 2.26. The second kappa shape index (κ2) is 6.45. The summed E-state index contributed by atoms with van der Waals surface area (Å²) in [5, 5.41) is 2.62. The Morgan fingerprint density at radius 3 is 2.95 bits per heavy atom. The highest BCUT2D eigenvalue weighted by Gasteiger charge is 2.14. The molecule has 0 aliphatic rings. The van der Waals surface area contributed by atoms with Crippen molar-refractivity contribution in [2.24, 2.45) is 0 Å². The summed E-state index contributed by atoms with van der Waals surface area (Å²) in [6.07, 6.45) is 0.956. The van der Waals surface area contributed by atoms with Gasteiger partial charge in [-0.05, 0) is 12.1 Å². The molecule has 1 aromatic carbocycles. The van der Waals surface area contributed by atoms with Crippen molar-refractivity contribution >= 4 is 23.2 Å². The number of halogens is 2. The lowest BCUT2D eigenvalue weighted by atomic mass is 10.1. The van der Waals surface area contributed by atoms with E-state index in [2.05, 4.69) is 10.3 Å².